The number of ether oxygens (including phenoxy) is 1. The van der Waals surface area contributed by atoms with Gasteiger partial charge in [0.25, 0.3) is 0 Å². The van der Waals surface area contributed by atoms with E-state index in [2.05, 4.69) is 26.8 Å². The van der Waals surface area contributed by atoms with Crippen LogP contribution < -0.4 is 0 Å². The number of Topliss-reactive ketones (excluding diaryl/α,β-unsaturated/α-hetero) is 1. The molecule has 3 unspecified atom stereocenters. The lowest BCUT2D eigenvalue weighted by molar-refractivity contribution is -0.187. The normalized spacial score (nSPS) is 50.1. The zero-order valence-electron chi connectivity index (χ0n) is 18.1. The molecule has 4 aliphatic rings. The number of ketones is 1. The van der Waals surface area contributed by atoms with Crippen molar-refractivity contribution in [2.75, 3.05) is 0 Å². The predicted molar refractivity (Wildman–Crippen MR) is 107 cm³/mol. The van der Waals surface area contributed by atoms with Gasteiger partial charge in [-0.1, -0.05) is 32.4 Å². The molecule has 3 saturated carbocycles. The van der Waals surface area contributed by atoms with Crippen LogP contribution in [0.2, 0.25) is 0 Å². The minimum atomic E-state index is -0.947. The van der Waals surface area contributed by atoms with Crippen molar-refractivity contribution in [3.05, 3.63) is 11.6 Å². The van der Waals surface area contributed by atoms with Crippen LogP contribution in [0.3, 0.4) is 0 Å². The molecular formula is C24H36O4. The molecule has 0 aromatic heterocycles. The second kappa shape index (κ2) is 6.42. The molecule has 0 saturated heterocycles. The minimum absolute atomic E-state index is 0.0163. The molecule has 0 radical (unpaired) electrons. The van der Waals surface area contributed by atoms with E-state index in [1.54, 1.807) is 6.92 Å². The number of aliphatic hydroxyl groups excluding tert-OH is 1. The van der Waals surface area contributed by atoms with Crippen molar-refractivity contribution < 1.29 is 19.4 Å². The van der Waals surface area contributed by atoms with Gasteiger partial charge >= 0.3 is 5.97 Å². The number of aliphatic hydroxyl groups is 1. The molecule has 1 N–H and O–H groups in total. The van der Waals surface area contributed by atoms with E-state index in [9.17, 15) is 14.7 Å². The second-order valence-electron chi connectivity index (χ2n) is 10.6. The molecular weight excluding hydrogens is 352 g/mol. The van der Waals surface area contributed by atoms with Crippen LogP contribution in [0.15, 0.2) is 11.6 Å². The standard InChI is InChI=1S/C24H36O4/c1-14-12-18-19(22(4)9-6-17(27)13-21(14)22)7-10-23(5)20(18)8-11-24(23,15(2)25)28-16(3)26/h13-14,17-20,27H,6-12H2,1-5H3/t14-,17-,18?,19?,20?,22+,23-,24-/m0/s1. The Bertz CT molecular complexity index is 726. The van der Waals surface area contributed by atoms with Gasteiger partial charge in [0.05, 0.1) is 6.10 Å². The fourth-order valence-corrected chi connectivity index (χ4v) is 8.20. The van der Waals surface area contributed by atoms with Crippen molar-refractivity contribution in [1.29, 1.82) is 0 Å². The largest absolute Gasteiger partial charge is 0.451 e. The van der Waals surface area contributed by atoms with E-state index in [-0.39, 0.29) is 28.7 Å². The summed E-state index contributed by atoms with van der Waals surface area (Å²) in [6, 6.07) is 0. The smallest absolute Gasteiger partial charge is 0.303 e. The monoisotopic (exact) mass is 388 g/mol. The number of rotatable bonds is 2. The first-order valence-electron chi connectivity index (χ1n) is 11.2. The Morgan fingerprint density at radius 3 is 2.39 bits per heavy atom. The van der Waals surface area contributed by atoms with Gasteiger partial charge in [-0.05, 0) is 81.0 Å². The zero-order valence-corrected chi connectivity index (χ0v) is 18.1. The Labute approximate surface area is 169 Å². The summed E-state index contributed by atoms with van der Waals surface area (Å²) in [7, 11) is 0. The van der Waals surface area contributed by atoms with Crippen molar-refractivity contribution in [2.24, 2.45) is 34.5 Å². The molecule has 0 aromatic carbocycles. The van der Waals surface area contributed by atoms with Crippen molar-refractivity contribution >= 4 is 11.8 Å². The molecule has 4 rings (SSSR count). The van der Waals surface area contributed by atoms with Crippen LogP contribution in [0, 0.1) is 34.5 Å². The third kappa shape index (κ3) is 2.52. The molecule has 3 fully saturated rings. The van der Waals surface area contributed by atoms with Crippen LogP contribution >= 0.6 is 0 Å². The summed E-state index contributed by atoms with van der Waals surface area (Å²) in [5.41, 5.74) is 0.410. The van der Waals surface area contributed by atoms with Crippen LogP contribution in [-0.2, 0) is 14.3 Å². The molecule has 0 amide bonds. The molecule has 28 heavy (non-hydrogen) atoms. The quantitative estimate of drug-likeness (QED) is 0.561. The summed E-state index contributed by atoms with van der Waals surface area (Å²) in [6.07, 6.45) is 8.51. The number of fused-ring (bicyclic) bond motifs is 5. The maximum atomic E-state index is 12.8. The van der Waals surface area contributed by atoms with E-state index in [0.717, 1.165) is 38.5 Å². The first-order chi connectivity index (χ1) is 13.0. The SMILES string of the molecule is CC(=O)O[C@]1(C(C)=O)CCC2C3C[C@H](C)C4=C[C@@H](O)CC[C@]4(C)C3CC[C@@]21C. The molecule has 0 aliphatic heterocycles. The summed E-state index contributed by atoms with van der Waals surface area (Å²) < 4.78 is 5.85. The third-order valence-corrected chi connectivity index (χ3v) is 9.41. The lowest BCUT2D eigenvalue weighted by Gasteiger charge is -2.60. The van der Waals surface area contributed by atoms with E-state index in [4.69, 9.17) is 4.74 Å². The Morgan fingerprint density at radius 2 is 1.75 bits per heavy atom. The maximum Gasteiger partial charge on any atom is 0.303 e. The van der Waals surface area contributed by atoms with Gasteiger partial charge in [0.1, 0.15) is 0 Å². The van der Waals surface area contributed by atoms with Gasteiger partial charge < -0.3 is 9.84 Å². The molecule has 4 heteroatoms. The number of carbonyl (C=O) groups is 2. The predicted octanol–water partition coefficient (Wildman–Crippen LogP) is 4.45. The summed E-state index contributed by atoms with van der Waals surface area (Å²) >= 11 is 0. The topological polar surface area (TPSA) is 63.6 Å². The molecule has 8 atom stereocenters. The molecule has 156 valence electrons. The average molecular weight is 389 g/mol. The fraction of sp³-hybridized carbons (Fsp3) is 0.833. The molecule has 0 spiro atoms. The Balaban J connectivity index is 1.73. The van der Waals surface area contributed by atoms with Crippen LogP contribution in [0.5, 0.6) is 0 Å². The highest BCUT2D eigenvalue weighted by molar-refractivity contribution is 5.89. The van der Waals surface area contributed by atoms with Gasteiger partial charge in [0.15, 0.2) is 11.4 Å². The Hall–Kier alpha value is -1.16. The number of hydrogen-bond acceptors (Lipinski definition) is 4. The van der Waals surface area contributed by atoms with E-state index in [0.29, 0.717) is 30.1 Å². The fourth-order valence-electron chi connectivity index (χ4n) is 8.20. The summed E-state index contributed by atoms with van der Waals surface area (Å²) in [5, 5.41) is 10.2. The zero-order chi connectivity index (χ0) is 20.5. The highest BCUT2D eigenvalue weighted by Crippen LogP contribution is 2.69. The van der Waals surface area contributed by atoms with Crippen molar-refractivity contribution in [3.63, 3.8) is 0 Å². The molecule has 0 bridgehead atoms. The van der Waals surface area contributed by atoms with E-state index in [1.165, 1.54) is 12.5 Å². The summed E-state index contributed by atoms with van der Waals surface area (Å²) in [6.45, 7) is 9.98. The van der Waals surface area contributed by atoms with Crippen LogP contribution in [0.4, 0.5) is 0 Å². The van der Waals surface area contributed by atoms with Gasteiger partial charge in [0.2, 0.25) is 0 Å². The molecule has 0 aromatic rings. The maximum absolute atomic E-state index is 12.8. The Kier molecular flexibility index (Phi) is 4.61. The van der Waals surface area contributed by atoms with Crippen molar-refractivity contribution in [1.82, 2.24) is 0 Å². The second-order valence-corrected chi connectivity index (χ2v) is 10.6. The lowest BCUT2D eigenvalue weighted by atomic mass is 9.44. The minimum Gasteiger partial charge on any atom is -0.451 e. The first-order valence-corrected chi connectivity index (χ1v) is 11.2. The highest BCUT2D eigenvalue weighted by Gasteiger charge is 2.68. The molecule has 4 nitrogen and oxygen atoms in total. The highest BCUT2D eigenvalue weighted by atomic mass is 16.6. The number of allylic oxidation sites excluding steroid dienone is 1. The molecule has 0 heterocycles. The van der Waals surface area contributed by atoms with Crippen molar-refractivity contribution in [2.45, 2.75) is 91.3 Å². The van der Waals surface area contributed by atoms with Gasteiger partial charge in [-0.3, -0.25) is 9.59 Å². The van der Waals surface area contributed by atoms with E-state index in [1.807, 2.05) is 0 Å². The van der Waals surface area contributed by atoms with E-state index >= 15 is 0 Å². The van der Waals surface area contributed by atoms with E-state index < -0.39 is 5.60 Å². The van der Waals surface area contributed by atoms with Gasteiger partial charge in [0, 0.05) is 12.3 Å². The van der Waals surface area contributed by atoms with Crippen LogP contribution in [0.1, 0.15) is 79.6 Å². The average Bonchev–Trinajstić information content (AvgIpc) is 2.90. The summed E-state index contributed by atoms with van der Waals surface area (Å²) in [4.78, 5) is 24.7. The van der Waals surface area contributed by atoms with Gasteiger partial charge in [-0.15, -0.1) is 0 Å². The number of hydrogen-bond donors (Lipinski definition) is 1. The van der Waals surface area contributed by atoms with Crippen molar-refractivity contribution in [3.8, 4) is 0 Å². The lowest BCUT2D eigenvalue weighted by Crippen LogP contribution is -2.59. The third-order valence-electron chi connectivity index (χ3n) is 9.41. The Morgan fingerprint density at radius 1 is 1.07 bits per heavy atom. The first kappa shape index (κ1) is 20.1. The van der Waals surface area contributed by atoms with Crippen LogP contribution in [0.25, 0.3) is 0 Å². The number of carbonyl (C=O) groups excluding carboxylic acids is 2. The van der Waals surface area contributed by atoms with Crippen LogP contribution in [-0.4, -0.2) is 28.6 Å². The number of esters is 1. The molecule has 4 aliphatic carbocycles. The summed E-state index contributed by atoms with van der Waals surface area (Å²) in [5.74, 6) is 1.72. The van der Waals surface area contributed by atoms with Gasteiger partial charge in [-0.2, -0.15) is 0 Å². The van der Waals surface area contributed by atoms with Gasteiger partial charge in [-0.25, -0.2) is 0 Å².